The van der Waals surface area contributed by atoms with Crippen LogP contribution >= 0.6 is 0 Å². The summed E-state index contributed by atoms with van der Waals surface area (Å²) >= 11 is 0. The van der Waals surface area contributed by atoms with Crippen LogP contribution in [-0.4, -0.2) is 26.1 Å². The van der Waals surface area contributed by atoms with Gasteiger partial charge in [0.15, 0.2) is 0 Å². The molecule has 0 aromatic carbocycles. The van der Waals surface area contributed by atoms with Crippen LogP contribution in [0, 0.1) is 0 Å². The third-order valence-electron chi connectivity index (χ3n) is 2.86. The molecular weight excluding hydrogens is 270 g/mol. The van der Waals surface area contributed by atoms with E-state index < -0.39 is 5.91 Å². The highest BCUT2D eigenvalue weighted by atomic mass is 16.2. The van der Waals surface area contributed by atoms with Crippen LogP contribution in [0.1, 0.15) is 35.7 Å². The molecule has 8 heteroatoms. The number of anilines is 2. The summed E-state index contributed by atoms with van der Waals surface area (Å²) in [5.74, 6) is 5.41. The Labute approximate surface area is 122 Å². The second-order valence-corrected chi connectivity index (χ2v) is 4.24. The number of nitrogen functional groups attached to an aromatic ring is 1. The Morgan fingerprint density at radius 3 is 2.57 bits per heavy atom. The lowest BCUT2D eigenvalue weighted by Gasteiger charge is -2.07. The lowest BCUT2D eigenvalue weighted by Crippen LogP contribution is -2.18. The number of nitrogens with two attached hydrogens (primary N) is 1. The van der Waals surface area contributed by atoms with Gasteiger partial charge in [-0.15, -0.1) is 10.2 Å². The molecule has 0 unspecified atom stereocenters. The quantitative estimate of drug-likeness (QED) is 0.552. The Kier molecular flexibility index (Phi) is 4.72. The molecule has 0 atom stereocenters. The van der Waals surface area contributed by atoms with E-state index in [0.29, 0.717) is 5.82 Å². The fourth-order valence-electron chi connectivity index (χ4n) is 1.80. The molecule has 0 radical (unpaired) electrons. The standard InChI is InChI=1S/C13H17N7O/c1-3-8-9(4-2)19-20-13(16-8)17-12(21)10-6-5-7-11(15-10)18-14/h5-7H,3-4,14H2,1-2H3,(H,15,18)(H,16,17,20,21). The van der Waals surface area contributed by atoms with Crippen molar-refractivity contribution in [3.63, 3.8) is 0 Å². The Balaban J connectivity index is 2.19. The van der Waals surface area contributed by atoms with Crippen LogP contribution < -0.4 is 16.6 Å². The lowest BCUT2D eigenvalue weighted by atomic mass is 10.2. The van der Waals surface area contributed by atoms with Crippen molar-refractivity contribution in [1.29, 1.82) is 0 Å². The van der Waals surface area contributed by atoms with Crippen LogP contribution in [-0.2, 0) is 12.8 Å². The van der Waals surface area contributed by atoms with Crippen LogP contribution in [0.25, 0.3) is 0 Å². The topological polar surface area (TPSA) is 119 Å². The molecular formula is C13H17N7O. The average Bonchev–Trinajstić information content (AvgIpc) is 2.54. The van der Waals surface area contributed by atoms with Crippen LogP contribution in [0.5, 0.6) is 0 Å². The number of hydrogen-bond acceptors (Lipinski definition) is 7. The second-order valence-electron chi connectivity index (χ2n) is 4.24. The van der Waals surface area contributed by atoms with Crippen LogP contribution in [0.3, 0.4) is 0 Å². The number of hydrazine groups is 1. The molecule has 2 rings (SSSR count). The molecule has 0 aliphatic carbocycles. The fraction of sp³-hybridized carbons (Fsp3) is 0.308. The zero-order chi connectivity index (χ0) is 15.2. The molecule has 0 fully saturated rings. The Hall–Kier alpha value is -2.61. The van der Waals surface area contributed by atoms with Gasteiger partial charge in [0.1, 0.15) is 11.5 Å². The van der Waals surface area contributed by atoms with Gasteiger partial charge in [0, 0.05) is 0 Å². The second kappa shape index (κ2) is 6.71. The van der Waals surface area contributed by atoms with Crippen molar-refractivity contribution in [2.75, 3.05) is 10.7 Å². The Morgan fingerprint density at radius 2 is 1.90 bits per heavy atom. The molecule has 1 amide bonds. The third kappa shape index (κ3) is 3.48. The molecule has 2 aromatic heterocycles. The highest BCUT2D eigenvalue weighted by Crippen LogP contribution is 2.09. The summed E-state index contributed by atoms with van der Waals surface area (Å²) < 4.78 is 0. The molecule has 110 valence electrons. The first-order valence-corrected chi connectivity index (χ1v) is 6.65. The van der Waals surface area contributed by atoms with Gasteiger partial charge >= 0.3 is 0 Å². The lowest BCUT2D eigenvalue weighted by molar-refractivity contribution is 0.102. The van der Waals surface area contributed by atoms with Gasteiger partial charge in [-0.1, -0.05) is 19.9 Å². The molecule has 0 saturated carbocycles. The van der Waals surface area contributed by atoms with Crippen molar-refractivity contribution in [1.82, 2.24) is 20.2 Å². The number of aromatic nitrogens is 4. The minimum atomic E-state index is -0.416. The highest BCUT2D eigenvalue weighted by Gasteiger charge is 2.12. The predicted molar refractivity (Wildman–Crippen MR) is 78.6 cm³/mol. The summed E-state index contributed by atoms with van der Waals surface area (Å²) in [5, 5.41) is 10.6. The molecule has 8 nitrogen and oxygen atoms in total. The first-order valence-electron chi connectivity index (χ1n) is 6.65. The van der Waals surface area contributed by atoms with Gasteiger partial charge in [-0.25, -0.2) is 15.8 Å². The molecule has 0 saturated heterocycles. The Morgan fingerprint density at radius 1 is 1.14 bits per heavy atom. The zero-order valence-electron chi connectivity index (χ0n) is 11.9. The normalized spacial score (nSPS) is 10.2. The first-order chi connectivity index (χ1) is 10.2. The first kappa shape index (κ1) is 14.8. The molecule has 0 aliphatic heterocycles. The monoisotopic (exact) mass is 287 g/mol. The van der Waals surface area contributed by atoms with E-state index in [9.17, 15) is 4.79 Å². The molecule has 0 spiro atoms. The number of carbonyl (C=O) groups excluding carboxylic acids is 1. The largest absolute Gasteiger partial charge is 0.308 e. The summed E-state index contributed by atoms with van der Waals surface area (Å²) in [5.41, 5.74) is 4.26. The molecule has 0 bridgehead atoms. The van der Waals surface area contributed by atoms with Gasteiger partial charge in [-0.2, -0.15) is 0 Å². The van der Waals surface area contributed by atoms with E-state index in [0.717, 1.165) is 24.2 Å². The number of rotatable bonds is 5. The molecule has 21 heavy (non-hydrogen) atoms. The van der Waals surface area contributed by atoms with Crippen molar-refractivity contribution in [2.24, 2.45) is 5.84 Å². The number of nitrogens with zero attached hydrogens (tertiary/aromatic N) is 4. The summed E-state index contributed by atoms with van der Waals surface area (Å²) in [6.07, 6.45) is 1.48. The average molecular weight is 287 g/mol. The smallest absolute Gasteiger partial charge is 0.276 e. The van der Waals surface area contributed by atoms with Crippen molar-refractivity contribution < 1.29 is 4.79 Å². The summed E-state index contributed by atoms with van der Waals surface area (Å²) in [6, 6.07) is 4.90. The van der Waals surface area contributed by atoms with Crippen molar-refractivity contribution in [3.8, 4) is 0 Å². The van der Waals surface area contributed by atoms with Crippen LogP contribution in [0.2, 0.25) is 0 Å². The predicted octanol–water partition coefficient (Wildman–Crippen LogP) is 0.929. The van der Waals surface area contributed by atoms with Crippen LogP contribution in [0.15, 0.2) is 18.2 Å². The van der Waals surface area contributed by atoms with E-state index in [-0.39, 0.29) is 11.6 Å². The number of amides is 1. The van der Waals surface area contributed by atoms with E-state index in [1.165, 1.54) is 0 Å². The summed E-state index contributed by atoms with van der Waals surface area (Å²) in [7, 11) is 0. The van der Waals surface area contributed by atoms with Gasteiger partial charge in [0.2, 0.25) is 5.95 Å². The number of nitrogens with one attached hydrogen (secondary N) is 2. The Bertz CT molecular complexity index is 644. The highest BCUT2D eigenvalue weighted by molar-refractivity contribution is 6.02. The van der Waals surface area contributed by atoms with E-state index in [1.807, 2.05) is 13.8 Å². The molecule has 4 N–H and O–H groups in total. The number of pyridine rings is 1. The number of hydrogen-bond donors (Lipinski definition) is 3. The SMILES string of the molecule is CCc1nnc(NC(=O)c2cccc(NN)n2)nc1CC. The molecule has 2 aromatic rings. The van der Waals surface area contributed by atoms with E-state index in [4.69, 9.17) is 5.84 Å². The van der Waals surface area contributed by atoms with Gasteiger partial charge in [-0.05, 0) is 25.0 Å². The number of aryl methyl sites for hydroxylation is 2. The zero-order valence-corrected chi connectivity index (χ0v) is 11.9. The van der Waals surface area contributed by atoms with Crippen LogP contribution in [0.4, 0.5) is 11.8 Å². The third-order valence-corrected chi connectivity index (χ3v) is 2.86. The maximum Gasteiger partial charge on any atom is 0.276 e. The van der Waals surface area contributed by atoms with Crippen molar-refractivity contribution >= 4 is 17.7 Å². The summed E-state index contributed by atoms with van der Waals surface area (Å²) in [6.45, 7) is 3.96. The minimum Gasteiger partial charge on any atom is -0.308 e. The maximum absolute atomic E-state index is 12.1. The van der Waals surface area contributed by atoms with Crippen molar-refractivity contribution in [2.45, 2.75) is 26.7 Å². The number of carbonyl (C=O) groups is 1. The molecule has 2 heterocycles. The van der Waals surface area contributed by atoms with Crippen molar-refractivity contribution in [3.05, 3.63) is 35.3 Å². The summed E-state index contributed by atoms with van der Waals surface area (Å²) in [4.78, 5) is 20.4. The van der Waals surface area contributed by atoms with Gasteiger partial charge in [0.25, 0.3) is 5.91 Å². The minimum absolute atomic E-state index is 0.168. The van der Waals surface area contributed by atoms with Gasteiger partial charge in [0.05, 0.1) is 11.4 Å². The fourth-order valence-corrected chi connectivity index (χ4v) is 1.80. The maximum atomic E-state index is 12.1. The van der Waals surface area contributed by atoms with E-state index >= 15 is 0 Å². The van der Waals surface area contributed by atoms with E-state index in [2.05, 4.69) is 30.9 Å². The molecule has 0 aliphatic rings. The van der Waals surface area contributed by atoms with Gasteiger partial charge < -0.3 is 5.43 Å². The van der Waals surface area contributed by atoms with Gasteiger partial charge in [-0.3, -0.25) is 10.1 Å². The van der Waals surface area contributed by atoms with E-state index in [1.54, 1.807) is 18.2 Å².